The number of likely N-dealkylation sites (N-methyl/N-ethyl adjacent to an activating group) is 1. The fourth-order valence-electron chi connectivity index (χ4n) is 3.82. The number of carbonyl (C=O) groups excluding carboxylic acids is 2. The fourth-order valence-corrected chi connectivity index (χ4v) is 3.82. The molecule has 0 atom stereocenters. The Morgan fingerprint density at radius 2 is 1.74 bits per heavy atom. The zero-order valence-corrected chi connectivity index (χ0v) is 20.0. The van der Waals surface area contributed by atoms with Crippen LogP contribution in [-0.4, -0.2) is 75.2 Å². The van der Waals surface area contributed by atoms with E-state index < -0.39 is 25.1 Å². The summed E-state index contributed by atoms with van der Waals surface area (Å²) in [7, 11) is 0. The second kappa shape index (κ2) is 11.6. The molecule has 0 unspecified atom stereocenters. The van der Waals surface area contributed by atoms with Gasteiger partial charge in [0.15, 0.2) is 18.1 Å². The second-order valence-electron chi connectivity index (χ2n) is 8.20. The summed E-state index contributed by atoms with van der Waals surface area (Å²) < 4.78 is 15.6. The van der Waals surface area contributed by atoms with E-state index in [0.717, 1.165) is 44.0 Å². The SMILES string of the molecule is CCN1CCN(c2ccc(NC(=O)COC(=O)CO/N=C(\C)c3ccc4c(c3)OCO4)cc2)CC1. The van der Waals surface area contributed by atoms with Crippen molar-refractivity contribution in [2.24, 2.45) is 5.16 Å². The first-order valence-electron chi connectivity index (χ1n) is 11.6. The van der Waals surface area contributed by atoms with Crippen molar-refractivity contribution in [2.75, 3.05) is 62.9 Å². The summed E-state index contributed by atoms with van der Waals surface area (Å²) in [6.07, 6.45) is 0. The van der Waals surface area contributed by atoms with Crippen molar-refractivity contribution in [3.05, 3.63) is 48.0 Å². The maximum Gasteiger partial charge on any atom is 0.347 e. The molecule has 1 amide bonds. The van der Waals surface area contributed by atoms with Crippen LogP contribution in [0.3, 0.4) is 0 Å². The van der Waals surface area contributed by atoms with Crippen LogP contribution >= 0.6 is 0 Å². The number of esters is 1. The number of rotatable bonds is 9. The Morgan fingerprint density at radius 3 is 2.49 bits per heavy atom. The number of hydrogen-bond acceptors (Lipinski definition) is 9. The number of fused-ring (bicyclic) bond motifs is 1. The third-order valence-corrected chi connectivity index (χ3v) is 5.87. The first kappa shape index (κ1) is 24.3. The number of amides is 1. The Bertz CT molecular complexity index is 1060. The smallest absolute Gasteiger partial charge is 0.347 e. The summed E-state index contributed by atoms with van der Waals surface area (Å²) in [4.78, 5) is 33.9. The van der Waals surface area contributed by atoms with E-state index in [2.05, 4.69) is 27.2 Å². The van der Waals surface area contributed by atoms with E-state index >= 15 is 0 Å². The summed E-state index contributed by atoms with van der Waals surface area (Å²) in [6, 6.07) is 13.0. The lowest BCUT2D eigenvalue weighted by Crippen LogP contribution is -2.46. The fraction of sp³-hybridized carbons (Fsp3) is 0.400. The van der Waals surface area contributed by atoms with Crippen molar-refractivity contribution < 1.29 is 28.6 Å². The number of ether oxygens (including phenoxy) is 3. The average molecular weight is 483 g/mol. The van der Waals surface area contributed by atoms with E-state index in [4.69, 9.17) is 19.0 Å². The number of oxime groups is 1. The molecule has 4 rings (SSSR count). The zero-order chi connectivity index (χ0) is 24.6. The van der Waals surface area contributed by atoms with Gasteiger partial charge in [0.05, 0.1) is 5.71 Å². The monoisotopic (exact) mass is 482 g/mol. The van der Waals surface area contributed by atoms with Gasteiger partial charge in [0, 0.05) is 43.1 Å². The summed E-state index contributed by atoms with van der Waals surface area (Å²) in [5.41, 5.74) is 3.10. The van der Waals surface area contributed by atoms with Crippen LogP contribution in [0.1, 0.15) is 19.4 Å². The molecule has 10 heteroatoms. The molecule has 2 aliphatic heterocycles. The van der Waals surface area contributed by atoms with Crippen molar-refractivity contribution >= 4 is 29.0 Å². The lowest BCUT2D eigenvalue weighted by Gasteiger charge is -2.35. The van der Waals surface area contributed by atoms with Crippen LogP contribution in [-0.2, 0) is 19.2 Å². The summed E-state index contributed by atoms with van der Waals surface area (Å²) in [5, 5.41) is 6.65. The van der Waals surface area contributed by atoms with Gasteiger partial charge in [0.25, 0.3) is 5.91 Å². The second-order valence-corrected chi connectivity index (χ2v) is 8.20. The van der Waals surface area contributed by atoms with Gasteiger partial charge in [-0.3, -0.25) is 4.79 Å². The molecule has 0 radical (unpaired) electrons. The molecule has 0 aromatic heterocycles. The third-order valence-electron chi connectivity index (χ3n) is 5.87. The summed E-state index contributed by atoms with van der Waals surface area (Å²) in [6.45, 7) is 8.43. The van der Waals surface area contributed by atoms with Gasteiger partial charge >= 0.3 is 5.97 Å². The van der Waals surface area contributed by atoms with Crippen molar-refractivity contribution in [1.29, 1.82) is 0 Å². The van der Waals surface area contributed by atoms with E-state index in [1.165, 1.54) is 0 Å². The molecule has 1 fully saturated rings. The minimum atomic E-state index is -0.691. The number of benzene rings is 2. The van der Waals surface area contributed by atoms with E-state index in [0.29, 0.717) is 22.9 Å². The Hall–Kier alpha value is -3.79. The van der Waals surface area contributed by atoms with Gasteiger partial charge in [0.1, 0.15) is 0 Å². The van der Waals surface area contributed by atoms with Crippen LogP contribution in [0.4, 0.5) is 11.4 Å². The normalized spacial score (nSPS) is 15.6. The predicted molar refractivity (Wildman–Crippen MR) is 131 cm³/mol. The summed E-state index contributed by atoms with van der Waals surface area (Å²) >= 11 is 0. The molecule has 35 heavy (non-hydrogen) atoms. The molecule has 0 aliphatic carbocycles. The molecular formula is C25H30N4O6. The Kier molecular flexibility index (Phi) is 8.04. The first-order chi connectivity index (χ1) is 17.0. The topological polar surface area (TPSA) is 102 Å². The Morgan fingerprint density at radius 1 is 1.00 bits per heavy atom. The molecule has 2 aromatic carbocycles. The molecular weight excluding hydrogens is 452 g/mol. The van der Waals surface area contributed by atoms with Crippen molar-refractivity contribution in [2.45, 2.75) is 13.8 Å². The van der Waals surface area contributed by atoms with Crippen LogP contribution < -0.4 is 19.7 Å². The standard InChI is InChI=1S/C25H30N4O6/c1-3-28-10-12-29(13-11-28)21-7-5-20(6-8-21)26-24(30)15-32-25(31)16-35-27-18(2)19-4-9-22-23(14-19)34-17-33-22/h4-9,14H,3,10-13,15-17H2,1-2H3,(H,26,30)/b27-18+. The third kappa shape index (κ3) is 6.63. The lowest BCUT2D eigenvalue weighted by molar-refractivity contribution is -0.151. The predicted octanol–water partition coefficient (Wildman–Crippen LogP) is 2.48. The molecule has 1 N–H and O–H groups in total. The number of nitrogens with one attached hydrogen (secondary N) is 1. The minimum absolute atomic E-state index is 0.187. The van der Waals surface area contributed by atoms with Gasteiger partial charge in [-0.15, -0.1) is 0 Å². The quantitative estimate of drug-likeness (QED) is 0.331. The van der Waals surface area contributed by atoms with Gasteiger partial charge in [-0.05, 0) is 55.9 Å². The molecule has 10 nitrogen and oxygen atoms in total. The lowest BCUT2D eigenvalue weighted by atomic mass is 10.1. The largest absolute Gasteiger partial charge is 0.454 e. The van der Waals surface area contributed by atoms with Crippen molar-refractivity contribution in [1.82, 2.24) is 4.90 Å². The van der Waals surface area contributed by atoms with Gasteiger partial charge < -0.3 is 34.2 Å². The zero-order valence-electron chi connectivity index (χ0n) is 20.0. The highest BCUT2D eigenvalue weighted by Crippen LogP contribution is 2.32. The number of carbonyl (C=O) groups is 2. The van der Waals surface area contributed by atoms with Crippen LogP contribution in [0.2, 0.25) is 0 Å². The average Bonchev–Trinajstić information content (AvgIpc) is 3.36. The molecule has 2 heterocycles. The molecule has 2 aliphatic rings. The van der Waals surface area contributed by atoms with Crippen LogP contribution in [0, 0.1) is 0 Å². The first-order valence-corrected chi connectivity index (χ1v) is 11.6. The molecule has 1 saturated heterocycles. The van der Waals surface area contributed by atoms with E-state index in [1.807, 2.05) is 30.3 Å². The number of piperazine rings is 1. The Balaban J connectivity index is 1.16. The molecule has 2 aromatic rings. The number of hydrogen-bond donors (Lipinski definition) is 1. The molecule has 0 bridgehead atoms. The van der Waals surface area contributed by atoms with Gasteiger partial charge in [-0.25, -0.2) is 4.79 Å². The van der Waals surface area contributed by atoms with Crippen LogP contribution in [0.25, 0.3) is 0 Å². The highest BCUT2D eigenvalue weighted by Gasteiger charge is 2.16. The molecule has 0 saturated carbocycles. The van der Waals surface area contributed by atoms with Gasteiger partial charge in [-0.2, -0.15) is 0 Å². The van der Waals surface area contributed by atoms with E-state index in [-0.39, 0.29) is 6.79 Å². The number of anilines is 2. The van der Waals surface area contributed by atoms with Crippen LogP contribution in [0.15, 0.2) is 47.6 Å². The molecule has 186 valence electrons. The van der Waals surface area contributed by atoms with E-state index in [1.54, 1.807) is 19.1 Å². The van der Waals surface area contributed by atoms with Crippen molar-refractivity contribution in [3.63, 3.8) is 0 Å². The van der Waals surface area contributed by atoms with Crippen LogP contribution in [0.5, 0.6) is 11.5 Å². The number of nitrogens with zero attached hydrogens (tertiary/aromatic N) is 3. The van der Waals surface area contributed by atoms with Gasteiger partial charge in [-0.1, -0.05) is 12.1 Å². The maximum absolute atomic E-state index is 12.1. The highest BCUT2D eigenvalue weighted by atomic mass is 16.7. The minimum Gasteiger partial charge on any atom is -0.454 e. The van der Waals surface area contributed by atoms with Gasteiger partial charge in [0.2, 0.25) is 13.4 Å². The maximum atomic E-state index is 12.1. The van der Waals surface area contributed by atoms with Crippen molar-refractivity contribution in [3.8, 4) is 11.5 Å². The molecule has 0 spiro atoms. The highest BCUT2D eigenvalue weighted by molar-refractivity contribution is 5.99. The summed E-state index contributed by atoms with van der Waals surface area (Å²) in [5.74, 6) is 0.185. The Labute approximate surface area is 204 Å². The van der Waals surface area contributed by atoms with E-state index in [9.17, 15) is 9.59 Å².